The van der Waals surface area contributed by atoms with E-state index in [1.54, 1.807) is 21.3 Å². The number of benzene rings is 1. The molecule has 1 aromatic rings. The van der Waals surface area contributed by atoms with Crippen LogP contribution < -0.4 is 20.1 Å². The summed E-state index contributed by atoms with van der Waals surface area (Å²) in [5, 5.41) is 6.60. The van der Waals surface area contributed by atoms with Gasteiger partial charge in [0.1, 0.15) is 0 Å². The first-order valence-corrected chi connectivity index (χ1v) is 8.75. The molecule has 0 aliphatic heterocycles. The number of rotatable bonds is 10. The van der Waals surface area contributed by atoms with Gasteiger partial charge in [-0.3, -0.25) is 4.99 Å². The molecule has 0 atom stereocenters. The Morgan fingerprint density at radius 2 is 1.92 bits per heavy atom. The quantitative estimate of drug-likeness (QED) is 0.385. The number of ether oxygens (including phenoxy) is 3. The minimum atomic E-state index is -0.226. The first-order chi connectivity index (χ1) is 12.0. The van der Waals surface area contributed by atoms with Gasteiger partial charge in [0.15, 0.2) is 17.5 Å². The van der Waals surface area contributed by atoms with Crippen molar-refractivity contribution in [2.24, 2.45) is 4.99 Å². The molecule has 0 aliphatic carbocycles. The monoisotopic (exact) mass is 351 g/mol. The number of aryl methyl sites for hydroxylation is 1. The van der Waals surface area contributed by atoms with Crippen LogP contribution in [0.1, 0.15) is 32.8 Å². The summed E-state index contributed by atoms with van der Waals surface area (Å²) in [5.41, 5.74) is 1.01. The van der Waals surface area contributed by atoms with Crippen LogP contribution in [0.2, 0.25) is 0 Å². The van der Waals surface area contributed by atoms with E-state index in [-0.39, 0.29) is 5.60 Å². The molecule has 0 amide bonds. The fourth-order valence-electron chi connectivity index (χ4n) is 2.23. The van der Waals surface area contributed by atoms with Gasteiger partial charge in [-0.05, 0) is 51.3 Å². The van der Waals surface area contributed by atoms with Gasteiger partial charge in [0, 0.05) is 27.2 Å². The van der Waals surface area contributed by atoms with E-state index in [4.69, 9.17) is 14.2 Å². The van der Waals surface area contributed by atoms with Crippen molar-refractivity contribution in [1.29, 1.82) is 0 Å². The Labute approximate surface area is 152 Å². The average molecular weight is 351 g/mol. The molecule has 1 aromatic carbocycles. The summed E-state index contributed by atoms with van der Waals surface area (Å²) < 4.78 is 16.3. The molecule has 0 saturated carbocycles. The van der Waals surface area contributed by atoms with E-state index in [0.29, 0.717) is 13.2 Å². The van der Waals surface area contributed by atoms with Crippen LogP contribution in [0, 0.1) is 0 Å². The molecule has 0 bridgehead atoms. The van der Waals surface area contributed by atoms with Crippen LogP contribution in [0.4, 0.5) is 0 Å². The Morgan fingerprint density at radius 3 is 2.52 bits per heavy atom. The van der Waals surface area contributed by atoms with Gasteiger partial charge in [-0.1, -0.05) is 6.07 Å². The van der Waals surface area contributed by atoms with E-state index >= 15 is 0 Å². The molecule has 25 heavy (non-hydrogen) atoms. The van der Waals surface area contributed by atoms with Crippen LogP contribution in [0.3, 0.4) is 0 Å². The third kappa shape index (κ3) is 7.65. The number of nitrogens with one attached hydrogen (secondary N) is 2. The van der Waals surface area contributed by atoms with E-state index in [9.17, 15) is 0 Å². The topological polar surface area (TPSA) is 64.1 Å². The first kappa shape index (κ1) is 21.1. The highest BCUT2D eigenvalue weighted by atomic mass is 16.5. The summed E-state index contributed by atoms with van der Waals surface area (Å²) in [7, 11) is 5.14. The van der Waals surface area contributed by atoms with Gasteiger partial charge < -0.3 is 24.8 Å². The summed E-state index contributed by atoms with van der Waals surface area (Å²) >= 11 is 0. The number of hydrogen-bond donors (Lipinski definition) is 2. The molecule has 0 heterocycles. The first-order valence-electron chi connectivity index (χ1n) is 8.75. The number of methoxy groups -OCH3 is 2. The molecular weight excluding hydrogens is 318 g/mol. The van der Waals surface area contributed by atoms with Crippen molar-refractivity contribution in [3.63, 3.8) is 0 Å². The largest absolute Gasteiger partial charge is 0.493 e. The molecule has 0 saturated heterocycles. The molecule has 142 valence electrons. The molecule has 0 unspecified atom stereocenters. The molecule has 0 aliphatic rings. The van der Waals surface area contributed by atoms with Gasteiger partial charge in [-0.25, -0.2) is 0 Å². The second kappa shape index (κ2) is 10.8. The summed E-state index contributed by atoms with van der Waals surface area (Å²) in [4.78, 5) is 4.23. The number of aliphatic imine (C=N–C) groups is 1. The van der Waals surface area contributed by atoms with E-state index in [2.05, 4.69) is 27.8 Å². The van der Waals surface area contributed by atoms with Gasteiger partial charge in [-0.2, -0.15) is 0 Å². The van der Waals surface area contributed by atoms with Crippen molar-refractivity contribution in [3.8, 4) is 11.5 Å². The van der Waals surface area contributed by atoms with Crippen LogP contribution in [-0.2, 0) is 11.2 Å². The van der Waals surface area contributed by atoms with Crippen molar-refractivity contribution >= 4 is 5.96 Å². The van der Waals surface area contributed by atoms with Crippen molar-refractivity contribution in [1.82, 2.24) is 10.6 Å². The molecule has 0 aromatic heterocycles. The van der Waals surface area contributed by atoms with Crippen molar-refractivity contribution in [2.45, 2.75) is 39.2 Å². The normalized spacial score (nSPS) is 12.0. The molecule has 6 nitrogen and oxygen atoms in total. The summed E-state index contributed by atoms with van der Waals surface area (Å²) in [6.45, 7) is 8.20. The molecular formula is C19H33N3O3. The lowest BCUT2D eigenvalue weighted by Crippen LogP contribution is -2.45. The molecule has 0 radical (unpaired) electrons. The second-order valence-electron chi connectivity index (χ2n) is 6.34. The Balaban J connectivity index is 2.42. The fourth-order valence-corrected chi connectivity index (χ4v) is 2.23. The lowest BCUT2D eigenvalue weighted by atomic mass is 10.1. The van der Waals surface area contributed by atoms with Crippen LogP contribution >= 0.6 is 0 Å². The van der Waals surface area contributed by atoms with E-state index in [0.717, 1.165) is 36.8 Å². The van der Waals surface area contributed by atoms with Gasteiger partial charge >= 0.3 is 0 Å². The maximum Gasteiger partial charge on any atom is 0.191 e. The van der Waals surface area contributed by atoms with Crippen molar-refractivity contribution in [2.75, 3.05) is 41.0 Å². The highest BCUT2D eigenvalue weighted by Crippen LogP contribution is 2.28. The smallest absolute Gasteiger partial charge is 0.191 e. The lowest BCUT2D eigenvalue weighted by molar-refractivity contribution is 0.0268. The second-order valence-corrected chi connectivity index (χ2v) is 6.34. The standard InChI is InChI=1S/C19H33N3O3/c1-7-25-17-13-15(10-11-16(17)23-5)9-8-12-21-18(20-4)22-14-19(2,3)24-6/h10-11,13H,7-9,12,14H2,1-6H3,(H2,20,21,22). The van der Waals surface area contributed by atoms with E-state index in [1.165, 1.54) is 5.56 Å². The predicted octanol–water partition coefficient (Wildman–Crippen LogP) is 2.62. The summed E-state index contributed by atoms with van der Waals surface area (Å²) in [6, 6.07) is 6.09. The SMILES string of the molecule is CCOc1cc(CCCNC(=NC)NCC(C)(C)OC)ccc1OC. The van der Waals surface area contributed by atoms with Gasteiger partial charge in [0.25, 0.3) is 0 Å². The van der Waals surface area contributed by atoms with Crippen molar-refractivity contribution < 1.29 is 14.2 Å². The highest BCUT2D eigenvalue weighted by molar-refractivity contribution is 5.79. The minimum absolute atomic E-state index is 0.226. The van der Waals surface area contributed by atoms with Crippen molar-refractivity contribution in [3.05, 3.63) is 23.8 Å². The number of nitrogens with zero attached hydrogens (tertiary/aromatic N) is 1. The highest BCUT2D eigenvalue weighted by Gasteiger charge is 2.16. The van der Waals surface area contributed by atoms with Crippen LogP contribution in [0.5, 0.6) is 11.5 Å². The van der Waals surface area contributed by atoms with Crippen LogP contribution in [-0.4, -0.2) is 52.5 Å². The lowest BCUT2D eigenvalue weighted by Gasteiger charge is -2.24. The van der Waals surface area contributed by atoms with E-state index in [1.807, 2.05) is 26.8 Å². The fraction of sp³-hybridized carbons (Fsp3) is 0.632. The third-order valence-corrected chi connectivity index (χ3v) is 3.92. The Kier molecular flexibility index (Phi) is 9.13. The Bertz CT molecular complexity index is 545. The zero-order valence-electron chi connectivity index (χ0n) is 16.4. The summed E-state index contributed by atoms with van der Waals surface area (Å²) in [5.74, 6) is 2.36. The minimum Gasteiger partial charge on any atom is -0.493 e. The zero-order chi connectivity index (χ0) is 18.7. The van der Waals surface area contributed by atoms with E-state index < -0.39 is 0 Å². The summed E-state index contributed by atoms with van der Waals surface area (Å²) in [6.07, 6.45) is 1.95. The maximum atomic E-state index is 5.62. The molecule has 0 spiro atoms. The van der Waals surface area contributed by atoms with Crippen LogP contribution in [0.15, 0.2) is 23.2 Å². The molecule has 1 rings (SSSR count). The average Bonchev–Trinajstić information content (AvgIpc) is 2.61. The number of hydrogen-bond acceptors (Lipinski definition) is 4. The molecule has 6 heteroatoms. The van der Waals surface area contributed by atoms with Gasteiger partial charge in [0.05, 0.1) is 19.3 Å². The molecule has 2 N–H and O–H groups in total. The Morgan fingerprint density at radius 1 is 1.16 bits per heavy atom. The van der Waals surface area contributed by atoms with Gasteiger partial charge in [-0.15, -0.1) is 0 Å². The third-order valence-electron chi connectivity index (χ3n) is 3.92. The Hall–Kier alpha value is -1.95. The van der Waals surface area contributed by atoms with Crippen LogP contribution in [0.25, 0.3) is 0 Å². The number of guanidine groups is 1. The zero-order valence-corrected chi connectivity index (χ0v) is 16.4. The molecule has 0 fully saturated rings. The van der Waals surface area contributed by atoms with Gasteiger partial charge in [0.2, 0.25) is 0 Å². The predicted molar refractivity (Wildman–Crippen MR) is 103 cm³/mol. The maximum absolute atomic E-state index is 5.62.